The fourth-order valence-corrected chi connectivity index (χ4v) is 7.29. The summed E-state index contributed by atoms with van der Waals surface area (Å²) >= 11 is 0. The van der Waals surface area contributed by atoms with Crippen molar-refractivity contribution in [1.82, 2.24) is 0 Å². The van der Waals surface area contributed by atoms with Crippen LogP contribution in [0.15, 0.2) is 11.6 Å². The van der Waals surface area contributed by atoms with Crippen LogP contribution in [0, 0.1) is 40.9 Å². The van der Waals surface area contributed by atoms with E-state index in [1.807, 2.05) is 21.6 Å². The van der Waals surface area contributed by atoms with Crippen LogP contribution in [0.1, 0.15) is 92.9 Å². The summed E-state index contributed by atoms with van der Waals surface area (Å²) < 4.78 is 0. The minimum Gasteiger partial charge on any atom is -0.0973 e. The largest absolute Gasteiger partial charge is 0.0973 e. The first-order chi connectivity index (χ1) is 12.8. The molecule has 0 N–H and O–H groups in total. The van der Waals surface area contributed by atoms with E-state index in [0.29, 0.717) is 10.7 Å². The Morgan fingerprint density at radius 3 is 2.63 bits per heavy atom. The van der Waals surface area contributed by atoms with E-state index in [-0.39, 0.29) is 0 Å². The van der Waals surface area contributed by atoms with Crippen molar-refractivity contribution in [3.8, 4) is 11.8 Å². The van der Waals surface area contributed by atoms with Gasteiger partial charge in [0.15, 0.2) is 0 Å². The molecule has 0 aromatic rings. The van der Waals surface area contributed by atoms with Crippen LogP contribution in [0.4, 0.5) is 0 Å². The Morgan fingerprint density at radius 2 is 1.93 bits per heavy atom. The lowest BCUT2D eigenvalue weighted by atomic mass is 9.62. The lowest BCUT2D eigenvalue weighted by Gasteiger charge is -2.42. The van der Waals surface area contributed by atoms with Crippen LogP contribution in [0.3, 0.4) is 0 Å². The lowest BCUT2D eigenvalue weighted by molar-refractivity contribution is 0.108. The summed E-state index contributed by atoms with van der Waals surface area (Å²) in [5.74, 6) is 11.6. The Balaban J connectivity index is 1.89. The molecule has 2 aliphatic carbocycles. The third-order valence-electron chi connectivity index (χ3n) is 6.76. The molecule has 27 heavy (non-hydrogen) atoms. The molecule has 0 aromatic heterocycles. The van der Waals surface area contributed by atoms with Gasteiger partial charge in [-0.15, -0.1) is 0 Å². The topological polar surface area (TPSA) is 0 Å². The molecular formula is C25H42S2. The fraction of sp³-hybridized carbons (Fsp3) is 0.840. The van der Waals surface area contributed by atoms with Crippen molar-refractivity contribution in [3.05, 3.63) is 11.6 Å². The maximum Gasteiger partial charge on any atom is 0.0192 e. The van der Waals surface area contributed by atoms with Gasteiger partial charge in [0.05, 0.1) is 0 Å². The van der Waals surface area contributed by atoms with Gasteiger partial charge in [0.25, 0.3) is 0 Å². The third kappa shape index (κ3) is 6.78. The quantitative estimate of drug-likeness (QED) is 0.214. The minimum atomic E-state index is 0.498. The highest BCUT2D eigenvalue weighted by Crippen LogP contribution is 2.58. The zero-order valence-electron chi connectivity index (χ0n) is 18.6. The standard InChI is InChI=1S/C25H42S2/c1-19(2)11-9-12-21(5)23-15-16-24-22(14-10-17-25(23,24)6)13-7-8-18-26-27-20(3)4/h14,19-21,23-24H,8-12,15-18H2,1-6H3/t21-,23-,24+,25-/m1/s1. The van der Waals surface area contributed by atoms with Crippen molar-refractivity contribution in [1.29, 1.82) is 0 Å². The van der Waals surface area contributed by atoms with E-state index in [4.69, 9.17) is 0 Å². The zero-order chi connectivity index (χ0) is 19.9. The maximum atomic E-state index is 3.61. The van der Waals surface area contributed by atoms with Crippen molar-refractivity contribution < 1.29 is 0 Å². The smallest absolute Gasteiger partial charge is 0.0192 e. The van der Waals surface area contributed by atoms with Gasteiger partial charge in [-0.3, -0.25) is 0 Å². The summed E-state index contributed by atoms with van der Waals surface area (Å²) in [6, 6.07) is 0. The first kappa shape index (κ1) is 23.3. The number of fused-ring (bicyclic) bond motifs is 1. The molecule has 0 aromatic carbocycles. The molecule has 4 atom stereocenters. The minimum absolute atomic E-state index is 0.498. The second-order valence-corrected chi connectivity index (χ2v) is 12.8. The summed E-state index contributed by atoms with van der Waals surface area (Å²) in [6.07, 6.45) is 13.1. The Hall–Kier alpha value is 0. The number of rotatable bonds is 9. The molecule has 0 radical (unpaired) electrons. The molecule has 0 aliphatic heterocycles. The van der Waals surface area contributed by atoms with Crippen molar-refractivity contribution in [2.45, 2.75) is 98.2 Å². The van der Waals surface area contributed by atoms with E-state index < -0.39 is 0 Å². The van der Waals surface area contributed by atoms with E-state index in [1.165, 1.54) is 50.5 Å². The van der Waals surface area contributed by atoms with E-state index in [0.717, 1.165) is 35.8 Å². The van der Waals surface area contributed by atoms with Gasteiger partial charge in [-0.05, 0) is 54.8 Å². The zero-order valence-corrected chi connectivity index (χ0v) is 20.3. The molecule has 154 valence electrons. The van der Waals surface area contributed by atoms with Crippen LogP contribution in [-0.4, -0.2) is 11.0 Å². The first-order valence-electron chi connectivity index (χ1n) is 11.3. The number of hydrogen-bond acceptors (Lipinski definition) is 2. The van der Waals surface area contributed by atoms with Crippen molar-refractivity contribution in [2.24, 2.45) is 29.1 Å². The molecule has 1 fully saturated rings. The van der Waals surface area contributed by atoms with Crippen LogP contribution in [0.5, 0.6) is 0 Å². The van der Waals surface area contributed by atoms with Gasteiger partial charge in [-0.25, -0.2) is 0 Å². The molecule has 1 saturated carbocycles. The Bertz CT molecular complexity index is 536. The summed E-state index contributed by atoms with van der Waals surface area (Å²) in [7, 11) is 3.95. The van der Waals surface area contributed by atoms with Gasteiger partial charge in [-0.1, -0.05) is 100 Å². The molecule has 2 heteroatoms. The average Bonchev–Trinajstić information content (AvgIpc) is 2.95. The molecule has 0 saturated heterocycles. The molecular weight excluding hydrogens is 364 g/mol. The number of hydrogen-bond donors (Lipinski definition) is 0. The van der Waals surface area contributed by atoms with Gasteiger partial charge in [0.1, 0.15) is 0 Å². The van der Waals surface area contributed by atoms with Crippen LogP contribution in [0.2, 0.25) is 0 Å². The van der Waals surface area contributed by atoms with Gasteiger partial charge in [0.2, 0.25) is 0 Å². The average molecular weight is 407 g/mol. The van der Waals surface area contributed by atoms with E-state index in [2.05, 4.69) is 59.5 Å². The van der Waals surface area contributed by atoms with E-state index in [9.17, 15) is 0 Å². The highest BCUT2D eigenvalue weighted by Gasteiger charge is 2.49. The summed E-state index contributed by atoms with van der Waals surface area (Å²) in [5, 5.41) is 0.711. The Morgan fingerprint density at radius 1 is 1.15 bits per heavy atom. The van der Waals surface area contributed by atoms with Gasteiger partial charge in [0, 0.05) is 23.0 Å². The highest BCUT2D eigenvalue weighted by atomic mass is 33.1. The normalized spacial score (nSPS) is 28.7. The predicted molar refractivity (Wildman–Crippen MR) is 127 cm³/mol. The van der Waals surface area contributed by atoms with Crippen LogP contribution >= 0.6 is 21.6 Å². The van der Waals surface area contributed by atoms with E-state index >= 15 is 0 Å². The first-order valence-corrected chi connectivity index (χ1v) is 13.7. The molecule has 0 bridgehead atoms. The summed E-state index contributed by atoms with van der Waals surface area (Å²) in [4.78, 5) is 0. The third-order valence-corrected chi connectivity index (χ3v) is 9.72. The molecule has 0 heterocycles. The second-order valence-electron chi connectivity index (χ2n) is 9.76. The number of allylic oxidation sites excluding steroid dienone is 2. The van der Waals surface area contributed by atoms with Crippen LogP contribution in [-0.2, 0) is 0 Å². The Labute approximate surface area is 177 Å². The predicted octanol–water partition coefficient (Wildman–Crippen LogP) is 8.38. The molecule has 2 rings (SSSR count). The monoisotopic (exact) mass is 406 g/mol. The van der Waals surface area contributed by atoms with Crippen molar-refractivity contribution in [2.75, 3.05) is 5.75 Å². The van der Waals surface area contributed by atoms with Crippen LogP contribution < -0.4 is 0 Å². The second kappa shape index (κ2) is 11.3. The van der Waals surface area contributed by atoms with Crippen LogP contribution in [0.25, 0.3) is 0 Å². The van der Waals surface area contributed by atoms with Gasteiger partial charge < -0.3 is 0 Å². The van der Waals surface area contributed by atoms with Gasteiger partial charge >= 0.3 is 0 Å². The molecule has 0 amide bonds. The molecule has 0 nitrogen and oxygen atoms in total. The molecule has 0 unspecified atom stereocenters. The van der Waals surface area contributed by atoms with Crippen molar-refractivity contribution in [3.63, 3.8) is 0 Å². The molecule has 0 spiro atoms. The fourth-order valence-electron chi connectivity index (χ4n) is 5.38. The lowest BCUT2D eigenvalue weighted by Crippen LogP contribution is -2.35. The van der Waals surface area contributed by atoms with Crippen molar-refractivity contribution >= 4 is 21.6 Å². The summed E-state index contributed by atoms with van der Waals surface area (Å²) in [6.45, 7) is 14.4. The highest BCUT2D eigenvalue weighted by molar-refractivity contribution is 8.76. The SMILES string of the molecule is CC(C)CCC[C@@H](C)[C@H]1CC[C@H]2C(C#CCCSSC(C)C)=CCC[C@]12C. The Kier molecular flexibility index (Phi) is 9.70. The maximum absolute atomic E-state index is 3.61. The summed E-state index contributed by atoms with van der Waals surface area (Å²) in [5.41, 5.74) is 1.99. The van der Waals surface area contributed by atoms with E-state index in [1.54, 1.807) is 0 Å². The van der Waals surface area contributed by atoms with Gasteiger partial charge in [-0.2, -0.15) is 0 Å². The molecule has 2 aliphatic rings.